The van der Waals surface area contributed by atoms with Crippen LogP contribution in [0.3, 0.4) is 0 Å². The van der Waals surface area contributed by atoms with E-state index >= 15 is 0 Å². The van der Waals surface area contributed by atoms with Crippen molar-refractivity contribution in [1.82, 2.24) is 9.88 Å². The molecule has 0 saturated carbocycles. The van der Waals surface area contributed by atoms with Gasteiger partial charge >= 0.3 is 164 Å². The molecule has 5 heteroatoms. The molecule has 0 bridgehead atoms. The van der Waals surface area contributed by atoms with E-state index in [-0.39, 0.29) is 9.25 Å². The Morgan fingerprint density at radius 3 is 2.40 bits per heavy atom. The molecule has 1 saturated heterocycles. The topological polar surface area (TPSA) is 24.5 Å². The maximum atomic E-state index is 5.53. The number of fused-ring (bicyclic) bond motifs is 1. The number of benzene rings is 1. The number of methoxy groups -OCH3 is 1. The summed E-state index contributed by atoms with van der Waals surface area (Å²) >= 11 is 2.44. The van der Waals surface area contributed by atoms with Crippen LogP contribution in [-0.4, -0.2) is 56.6 Å². The Morgan fingerprint density at radius 1 is 1.20 bits per heavy atom. The summed E-state index contributed by atoms with van der Waals surface area (Å²) in [6.45, 7) is 14.1. The van der Waals surface area contributed by atoms with Gasteiger partial charge in [-0.2, -0.15) is 0 Å². The zero-order valence-electron chi connectivity index (χ0n) is 17.0. The number of rotatable bonds is 4. The molecule has 1 atom stereocenters. The van der Waals surface area contributed by atoms with Crippen LogP contribution in [0.25, 0.3) is 5.70 Å². The van der Waals surface area contributed by atoms with E-state index in [0.29, 0.717) is 0 Å². The summed E-state index contributed by atoms with van der Waals surface area (Å²) < 4.78 is 5.60. The molecule has 3 nitrogen and oxygen atoms in total. The number of nitrogens with zero attached hydrogens (tertiary/aromatic N) is 1. The van der Waals surface area contributed by atoms with Crippen LogP contribution in [0, 0.1) is 0 Å². The molecule has 1 aromatic carbocycles. The van der Waals surface area contributed by atoms with E-state index in [1.807, 2.05) is 0 Å². The molecule has 0 spiro atoms. The number of nitrogens with one attached hydrogen (secondary N) is 1. The van der Waals surface area contributed by atoms with E-state index in [1.54, 1.807) is 7.11 Å². The Morgan fingerprint density at radius 2 is 1.84 bits per heavy atom. The van der Waals surface area contributed by atoms with Gasteiger partial charge in [-0.25, -0.2) is 0 Å². The fourth-order valence-electron chi connectivity index (χ4n) is 4.55. The first kappa shape index (κ1) is 19.1. The molecule has 0 radical (unpaired) electrons. The van der Waals surface area contributed by atoms with Gasteiger partial charge in [0.1, 0.15) is 0 Å². The Bertz CT molecular complexity index is 689. The molecular weight excluding hydrogens is 319 g/mol. The second-order valence-electron chi connectivity index (χ2n) is 9.34. The molecule has 25 heavy (non-hydrogen) atoms. The Balaban J connectivity index is 2.11. The van der Waals surface area contributed by atoms with Crippen molar-refractivity contribution in [3.8, 4) is 5.75 Å². The molecule has 3 rings (SSSR count). The third-order valence-corrected chi connectivity index (χ3v) is 10.3. The number of hydrogen-bond acceptors (Lipinski definition) is 3. The quantitative estimate of drug-likeness (QED) is 0.839. The van der Waals surface area contributed by atoms with Crippen LogP contribution in [0.15, 0.2) is 24.3 Å². The molecule has 0 aromatic heterocycles. The van der Waals surface area contributed by atoms with E-state index in [2.05, 4.69) is 85.7 Å². The summed E-state index contributed by atoms with van der Waals surface area (Å²) in [4.78, 5) is 6.58. The van der Waals surface area contributed by atoms with Crippen molar-refractivity contribution < 1.29 is 4.74 Å². The third kappa shape index (κ3) is 3.47. The first-order valence-corrected chi connectivity index (χ1v) is 12.5. The normalized spacial score (nSPS) is 23.7. The maximum absolute atomic E-state index is 5.53. The fourth-order valence-corrected chi connectivity index (χ4v) is 8.07. The molecule has 1 aliphatic carbocycles. The fraction of sp³-hybridized carbons (Fsp3) is 0.600. The van der Waals surface area contributed by atoms with Crippen LogP contribution in [0.4, 0.5) is 0 Å². The van der Waals surface area contributed by atoms with Gasteiger partial charge in [-0.05, 0) is 0 Å². The van der Waals surface area contributed by atoms with Crippen molar-refractivity contribution >= 4 is 31.6 Å². The van der Waals surface area contributed by atoms with Gasteiger partial charge in [-0.3, -0.25) is 0 Å². The van der Waals surface area contributed by atoms with Crippen molar-refractivity contribution in [2.45, 2.75) is 56.0 Å². The molecule has 1 heterocycles. The van der Waals surface area contributed by atoms with E-state index in [0.717, 1.165) is 5.75 Å². The van der Waals surface area contributed by atoms with Gasteiger partial charge in [0.05, 0.1) is 0 Å². The second kappa shape index (κ2) is 6.49. The predicted octanol–water partition coefficient (Wildman–Crippen LogP) is 3.64. The van der Waals surface area contributed by atoms with Crippen LogP contribution < -0.4 is 9.72 Å². The average molecular weight is 351 g/mol. The summed E-state index contributed by atoms with van der Waals surface area (Å²) in [6, 6.07) is 6.67. The van der Waals surface area contributed by atoms with Gasteiger partial charge in [-0.1, -0.05) is 0 Å². The minimum atomic E-state index is -1.80. The van der Waals surface area contributed by atoms with Crippen molar-refractivity contribution in [1.29, 1.82) is 0 Å². The van der Waals surface area contributed by atoms with Crippen LogP contribution in [0.2, 0.25) is 13.1 Å². The first-order valence-electron chi connectivity index (χ1n) is 9.53. The SMILES string of the molecule is [Li][C]1([Si](C)(C)NC(C)(C)C)C=C(N2CCCC2)c2cc(OC)ccc21. The molecular formula is C20H31LiN2OSi. The van der Waals surface area contributed by atoms with Gasteiger partial charge < -0.3 is 0 Å². The number of ether oxygens (including phenoxy) is 1. The monoisotopic (exact) mass is 350 g/mol. The van der Waals surface area contributed by atoms with Crippen LogP contribution >= 0.6 is 0 Å². The molecule has 1 aliphatic heterocycles. The number of allylic oxidation sites excluding steroid dienone is 1. The van der Waals surface area contributed by atoms with Gasteiger partial charge in [-0.15, -0.1) is 0 Å². The van der Waals surface area contributed by atoms with Gasteiger partial charge in [0.25, 0.3) is 0 Å². The van der Waals surface area contributed by atoms with E-state index in [1.165, 1.54) is 42.8 Å². The second-order valence-corrected chi connectivity index (χ2v) is 13.9. The van der Waals surface area contributed by atoms with Crippen molar-refractivity contribution in [2.75, 3.05) is 20.2 Å². The van der Waals surface area contributed by atoms with E-state index < -0.39 is 8.24 Å². The van der Waals surface area contributed by atoms with Crippen molar-refractivity contribution in [3.63, 3.8) is 0 Å². The first-order chi connectivity index (χ1) is 11.6. The standard InChI is InChI=1S/C20H31N2OSi.Li/c1-20(2,3)21-24(5,6)19-14-18(22-11-7-8-12-22)17-13-15(23-4)9-10-16(17)19;/h9-10,13-14,21H,7-8,11-12H2,1-6H3;. The molecule has 1 aromatic rings. The van der Waals surface area contributed by atoms with Crippen LogP contribution in [-0.2, 0) is 3.71 Å². The molecule has 1 fully saturated rings. The van der Waals surface area contributed by atoms with E-state index in [4.69, 9.17) is 4.74 Å². The van der Waals surface area contributed by atoms with Crippen LogP contribution in [0.5, 0.6) is 5.75 Å². The zero-order valence-corrected chi connectivity index (χ0v) is 18.0. The Kier molecular flexibility index (Phi) is 4.96. The Labute approximate surface area is 163 Å². The summed E-state index contributed by atoms with van der Waals surface area (Å²) in [6.07, 6.45) is 5.16. The molecule has 0 amide bonds. The predicted molar refractivity (Wildman–Crippen MR) is 110 cm³/mol. The summed E-state index contributed by atoms with van der Waals surface area (Å²) in [5.41, 5.74) is 4.38. The number of likely N-dealkylation sites (tertiary alicyclic amines) is 1. The van der Waals surface area contributed by atoms with Gasteiger partial charge in [0, 0.05) is 0 Å². The van der Waals surface area contributed by atoms with Crippen molar-refractivity contribution in [2.24, 2.45) is 0 Å². The molecule has 1 N–H and O–H groups in total. The molecule has 132 valence electrons. The summed E-state index contributed by atoms with van der Waals surface area (Å²) in [7, 11) is -0.0365. The van der Waals surface area contributed by atoms with Crippen LogP contribution in [0.1, 0.15) is 44.7 Å². The third-order valence-electron chi connectivity index (χ3n) is 5.92. The van der Waals surface area contributed by atoms with Crippen molar-refractivity contribution in [3.05, 3.63) is 35.4 Å². The molecule has 1 unspecified atom stereocenters. The number of hydrogen-bond donors (Lipinski definition) is 1. The summed E-state index contributed by atoms with van der Waals surface area (Å²) in [5.74, 6) is 0.955. The summed E-state index contributed by atoms with van der Waals surface area (Å²) in [5, 5.41) is 0. The van der Waals surface area contributed by atoms with E-state index in [9.17, 15) is 0 Å². The van der Waals surface area contributed by atoms with Gasteiger partial charge in [0.15, 0.2) is 0 Å². The molecule has 2 aliphatic rings. The zero-order chi connectivity index (χ0) is 18.5. The average Bonchev–Trinajstić information content (AvgIpc) is 3.12. The van der Waals surface area contributed by atoms with Gasteiger partial charge in [0.2, 0.25) is 0 Å². The Hall–Kier alpha value is -0.666. The minimum absolute atomic E-state index is 0.0693.